The van der Waals surface area contributed by atoms with Crippen molar-refractivity contribution in [1.82, 2.24) is 19.7 Å². The quantitative estimate of drug-likeness (QED) is 0.546. The average molecular weight is 421 g/mol. The summed E-state index contributed by atoms with van der Waals surface area (Å²) in [4.78, 5) is 25.0. The third-order valence-electron chi connectivity index (χ3n) is 5.49. The zero-order valence-corrected chi connectivity index (χ0v) is 17.8. The summed E-state index contributed by atoms with van der Waals surface area (Å²) in [5.41, 5.74) is 2.00. The summed E-state index contributed by atoms with van der Waals surface area (Å²) < 4.78 is 8.46. The van der Waals surface area contributed by atoms with Gasteiger partial charge in [0.25, 0.3) is 0 Å². The molecule has 1 amide bonds. The maximum atomic E-state index is 12.9. The Hall–Kier alpha value is -3.35. The predicted molar refractivity (Wildman–Crippen MR) is 119 cm³/mol. The fourth-order valence-corrected chi connectivity index (χ4v) is 3.65. The van der Waals surface area contributed by atoms with Gasteiger partial charge in [-0.2, -0.15) is 0 Å². The fraction of sp³-hybridized carbons (Fsp3) is 0.375. The van der Waals surface area contributed by atoms with Crippen LogP contribution in [-0.4, -0.2) is 33.9 Å². The molecule has 1 aliphatic carbocycles. The standard InChI is InChI=1S/C24H28N4O3/c1-31-21-14-10-19(11-15-21)23-26-27(24(30)28(23)20-12-13-20)17-16-25-22(29)9-5-8-18-6-3-2-4-7-18/h2-4,6-7,10-11,14-15,20H,5,8-9,12-13,16-17H2,1H3,(H,25,29). The first-order chi connectivity index (χ1) is 15.2. The molecule has 7 nitrogen and oxygen atoms in total. The molecule has 1 aromatic heterocycles. The second kappa shape index (κ2) is 9.64. The molecule has 0 spiro atoms. The van der Waals surface area contributed by atoms with E-state index in [9.17, 15) is 9.59 Å². The monoisotopic (exact) mass is 420 g/mol. The summed E-state index contributed by atoms with van der Waals surface area (Å²) in [6.45, 7) is 0.736. The number of amides is 1. The van der Waals surface area contributed by atoms with Crippen LogP contribution in [0.4, 0.5) is 0 Å². The molecule has 1 fully saturated rings. The second-order valence-electron chi connectivity index (χ2n) is 7.85. The van der Waals surface area contributed by atoms with Crippen LogP contribution in [-0.2, 0) is 17.8 Å². The molecular weight excluding hydrogens is 392 g/mol. The third-order valence-corrected chi connectivity index (χ3v) is 5.49. The van der Waals surface area contributed by atoms with Crippen molar-refractivity contribution in [2.24, 2.45) is 0 Å². The first kappa shape index (κ1) is 20.9. The molecule has 0 saturated heterocycles. The number of nitrogens with zero attached hydrogens (tertiary/aromatic N) is 3. The van der Waals surface area contributed by atoms with Crippen LogP contribution in [0.3, 0.4) is 0 Å². The number of ether oxygens (including phenoxy) is 1. The molecule has 31 heavy (non-hydrogen) atoms. The van der Waals surface area contributed by atoms with Crippen LogP contribution in [0.25, 0.3) is 11.4 Å². The van der Waals surface area contributed by atoms with Crippen LogP contribution in [0.2, 0.25) is 0 Å². The molecule has 7 heteroatoms. The normalized spacial score (nSPS) is 13.2. The Morgan fingerprint density at radius 2 is 1.87 bits per heavy atom. The zero-order valence-electron chi connectivity index (χ0n) is 17.8. The van der Waals surface area contributed by atoms with Gasteiger partial charge in [0.15, 0.2) is 5.82 Å². The fourth-order valence-electron chi connectivity index (χ4n) is 3.65. The van der Waals surface area contributed by atoms with Gasteiger partial charge in [0.1, 0.15) is 5.75 Å². The number of nitrogens with one attached hydrogen (secondary N) is 1. The lowest BCUT2D eigenvalue weighted by Gasteiger charge is -2.05. The molecule has 0 atom stereocenters. The lowest BCUT2D eigenvalue weighted by atomic mass is 10.1. The summed E-state index contributed by atoms with van der Waals surface area (Å²) in [6.07, 6.45) is 4.13. The van der Waals surface area contributed by atoms with E-state index in [0.29, 0.717) is 25.3 Å². The van der Waals surface area contributed by atoms with Crippen molar-refractivity contribution in [3.05, 3.63) is 70.6 Å². The number of aryl methyl sites for hydroxylation is 1. The van der Waals surface area contributed by atoms with E-state index in [1.807, 2.05) is 42.5 Å². The van der Waals surface area contributed by atoms with Crippen molar-refractivity contribution < 1.29 is 9.53 Å². The molecule has 162 valence electrons. The molecule has 0 aliphatic heterocycles. The van der Waals surface area contributed by atoms with E-state index in [2.05, 4.69) is 22.5 Å². The minimum Gasteiger partial charge on any atom is -0.497 e. The van der Waals surface area contributed by atoms with E-state index in [1.54, 1.807) is 11.7 Å². The Balaban J connectivity index is 1.34. The number of methoxy groups -OCH3 is 1. The van der Waals surface area contributed by atoms with Gasteiger partial charge in [-0.25, -0.2) is 9.48 Å². The molecule has 3 aromatic rings. The first-order valence-electron chi connectivity index (χ1n) is 10.8. The second-order valence-corrected chi connectivity index (χ2v) is 7.85. The largest absolute Gasteiger partial charge is 0.497 e. The highest BCUT2D eigenvalue weighted by atomic mass is 16.5. The topological polar surface area (TPSA) is 78.2 Å². The number of hydrogen-bond acceptors (Lipinski definition) is 4. The number of aromatic nitrogens is 3. The highest BCUT2D eigenvalue weighted by Crippen LogP contribution is 2.36. The van der Waals surface area contributed by atoms with E-state index in [1.165, 1.54) is 10.2 Å². The van der Waals surface area contributed by atoms with Crippen molar-refractivity contribution in [1.29, 1.82) is 0 Å². The average Bonchev–Trinajstić information content (AvgIpc) is 3.58. The van der Waals surface area contributed by atoms with Gasteiger partial charge in [0.2, 0.25) is 5.91 Å². The zero-order chi connectivity index (χ0) is 21.6. The molecule has 1 aliphatic rings. The van der Waals surface area contributed by atoms with Gasteiger partial charge < -0.3 is 10.1 Å². The minimum absolute atomic E-state index is 0.000911. The summed E-state index contributed by atoms with van der Waals surface area (Å²) in [5.74, 6) is 1.43. The van der Waals surface area contributed by atoms with E-state index in [4.69, 9.17) is 4.74 Å². The molecule has 1 N–H and O–H groups in total. The van der Waals surface area contributed by atoms with Crippen LogP contribution in [0.5, 0.6) is 5.75 Å². The minimum atomic E-state index is -0.119. The molecule has 0 unspecified atom stereocenters. The van der Waals surface area contributed by atoms with Gasteiger partial charge in [0.05, 0.1) is 13.7 Å². The Kier molecular flexibility index (Phi) is 6.50. The Labute approximate surface area is 181 Å². The van der Waals surface area contributed by atoms with E-state index in [-0.39, 0.29) is 17.6 Å². The molecule has 4 rings (SSSR count). The molecule has 1 heterocycles. The number of carbonyl (C=O) groups excluding carboxylic acids is 1. The SMILES string of the molecule is COc1ccc(-c2nn(CCNC(=O)CCCc3ccccc3)c(=O)n2C2CC2)cc1. The van der Waals surface area contributed by atoms with E-state index < -0.39 is 0 Å². The lowest BCUT2D eigenvalue weighted by Crippen LogP contribution is -2.32. The number of benzene rings is 2. The van der Waals surface area contributed by atoms with Crippen molar-refractivity contribution in [3.8, 4) is 17.1 Å². The Morgan fingerprint density at radius 1 is 1.13 bits per heavy atom. The molecule has 0 radical (unpaired) electrons. The first-order valence-corrected chi connectivity index (χ1v) is 10.8. The maximum Gasteiger partial charge on any atom is 0.346 e. The number of rotatable bonds is 10. The third kappa shape index (κ3) is 5.23. The Morgan fingerprint density at radius 3 is 2.55 bits per heavy atom. The van der Waals surface area contributed by atoms with Crippen LogP contribution in [0.15, 0.2) is 59.4 Å². The van der Waals surface area contributed by atoms with E-state index >= 15 is 0 Å². The summed E-state index contributed by atoms with van der Waals surface area (Å²) in [6, 6.07) is 17.9. The lowest BCUT2D eigenvalue weighted by molar-refractivity contribution is -0.121. The molecule has 0 bridgehead atoms. The van der Waals surface area contributed by atoms with Crippen molar-refractivity contribution in [2.45, 2.75) is 44.7 Å². The highest BCUT2D eigenvalue weighted by Gasteiger charge is 2.30. The van der Waals surface area contributed by atoms with Crippen LogP contribution in [0, 0.1) is 0 Å². The molecule has 1 saturated carbocycles. The van der Waals surface area contributed by atoms with Crippen LogP contribution < -0.4 is 15.7 Å². The van der Waals surface area contributed by atoms with E-state index in [0.717, 1.165) is 37.0 Å². The summed E-state index contributed by atoms with van der Waals surface area (Å²) in [5, 5.41) is 7.48. The van der Waals surface area contributed by atoms with Gasteiger partial charge >= 0.3 is 5.69 Å². The van der Waals surface area contributed by atoms with Gasteiger partial charge in [-0.15, -0.1) is 5.10 Å². The van der Waals surface area contributed by atoms with Gasteiger partial charge in [0, 0.05) is 24.6 Å². The summed E-state index contributed by atoms with van der Waals surface area (Å²) >= 11 is 0. The van der Waals surface area contributed by atoms with Gasteiger partial charge in [-0.05, 0) is 55.5 Å². The maximum absolute atomic E-state index is 12.9. The molecular formula is C24H28N4O3. The predicted octanol–water partition coefficient (Wildman–Crippen LogP) is 3.19. The number of hydrogen-bond donors (Lipinski definition) is 1. The van der Waals surface area contributed by atoms with Gasteiger partial charge in [-0.3, -0.25) is 9.36 Å². The highest BCUT2D eigenvalue weighted by molar-refractivity contribution is 5.75. The molecule has 2 aromatic carbocycles. The summed E-state index contributed by atoms with van der Waals surface area (Å²) in [7, 11) is 1.62. The van der Waals surface area contributed by atoms with Crippen LogP contribution >= 0.6 is 0 Å². The Bertz CT molecular complexity index is 1070. The van der Waals surface area contributed by atoms with Crippen molar-refractivity contribution in [2.75, 3.05) is 13.7 Å². The van der Waals surface area contributed by atoms with Crippen molar-refractivity contribution >= 4 is 5.91 Å². The van der Waals surface area contributed by atoms with Crippen molar-refractivity contribution in [3.63, 3.8) is 0 Å². The van der Waals surface area contributed by atoms with Gasteiger partial charge in [-0.1, -0.05) is 30.3 Å². The number of carbonyl (C=O) groups is 1. The smallest absolute Gasteiger partial charge is 0.346 e. The van der Waals surface area contributed by atoms with Crippen LogP contribution in [0.1, 0.15) is 37.3 Å².